The van der Waals surface area contributed by atoms with Crippen LogP contribution in [0.5, 0.6) is 11.5 Å². The van der Waals surface area contributed by atoms with Crippen molar-refractivity contribution in [3.63, 3.8) is 0 Å². The van der Waals surface area contributed by atoms with E-state index in [1.165, 1.54) is 33.9 Å². The number of aliphatic hydroxyl groups excluding tert-OH is 1. The molecule has 2 aliphatic heterocycles. The normalized spacial score (nSPS) is 20.0. The van der Waals surface area contributed by atoms with Crippen molar-refractivity contribution in [2.24, 2.45) is 0 Å². The number of hydrogen-bond acceptors (Lipinski definition) is 6. The molecule has 0 amide bonds. The number of methoxy groups -OCH3 is 4. The number of hydrogen-bond donors (Lipinski definition) is 1. The van der Waals surface area contributed by atoms with Gasteiger partial charge in [-0.05, 0) is 92.3 Å². The third kappa shape index (κ3) is 6.27. The van der Waals surface area contributed by atoms with Crippen LogP contribution in [0.25, 0.3) is 0 Å². The second-order valence-electron chi connectivity index (χ2n) is 13.3. The smallest absolute Gasteiger partial charge is 0.210 e. The van der Waals surface area contributed by atoms with Gasteiger partial charge in [-0.15, -0.1) is 0 Å². The Hall–Kier alpha value is -3.81. The van der Waals surface area contributed by atoms with Gasteiger partial charge in [0.1, 0.15) is 17.3 Å². The van der Waals surface area contributed by atoms with Crippen LogP contribution in [-0.4, -0.2) is 70.1 Å². The fraction of sp³-hybridized carbons (Fsp3) is 0.462. The molecule has 0 atom stereocenters. The van der Waals surface area contributed by atoms with Crippen LogP contribution in [0.1, 0.15) is 64.5 Å². The summed E-state index contributed by atoms with van der Waals surface area (Å²) in [6.07, 6.45) is 12.1. The molecule has 2 heterocycles. The predicted octanol–water partition coefficient (Wildman–Crippen LogP) is 7.92. The second-order valence-corrected chi connectivity index (χ2v) is 13.3. The van der Waals surface area contributed by atoms with Crippen LogP contribution in [0.3, 0.4) is 0 Å². The summed E-state index contributed by atoms with van der Waals surface area (Å²) < 4.78 is 24.3. The van der Waals surface area contributed by atoms with Crippen molar-refractivity contribution >= 4 is 17.1 Å². The zero-order valence-corrected chi connectivity index (χ0v) is 28.9. The molecule has 0 radical (unpaired) electrons. The first-order chi connectivity index (χ1) is 22.1. The largest absolute Gasteiger partial charge is 0.507 e. The van der Waals surface area contributed by atoms with E-state index in [0.717, 1.165) is 61.4 Å². The van der Waals surface area contributed by atoms with Crippen molar-refractivity contribution < 1.29 is 28.6 Å². The van der Waals surface area contributed by atoms with E-state index in [-0.39, 0.29) is 10.8 Å². The summed E-state index contributed by atoms with van der Waals surface area (Å²) in [5, 5.41) is 11.4. The van der Waals surface area contributed by atoms with Gasteiger partial charge in [0.25, 0.3) is 0 Å². The van der Waals surface area contributed by atoms with Gasteiger partial charge in [-0.25, -0.2) is 0 Å². The molecular weight excluding hydrogens is 576 g/mol. The first kappa shape index (κ1) is 33.6. The molecular formula is C39H51N2O5+. The molecule has 0 unspecified atom stereocenters. The highest BCUT2D eigenvalue weighted by molar-refractivity contribution is 6.03. The molecule has 0 aromatic heterocycles. The summed E-state index contributed by atoms with van der Waals surface area (Å²) >= 11 is 0. The molecule has 0 fully saturated rings. The van der Waals surface area contributed by atoms with E-state index >= 15 is 0 Å². The average Bonchev–Trinajstić information content (AvgIpc) is 3.58. The summed E-state index contributed by atoms with van der Waals surface area (Å²) in [4.78, 5) is 2.39. The summed E-state index contributed by atoms with van der Waals surface area (Å²) in [6.45, 7) is 12.2. The van der Waals surface area contributed by atoms with E-state index in [9.17, 15) is 5.11 Å². The first-order valence-electron chi connectivity index (χ1n) is 16.4. The topological polar surface area (TPSA) is 63.4 Å². The van der Waals surface area contributed by atoms with Crippen molar-refractivity contribution in [1.82, 2.24) is 0 Å². The molecule has 46 heavy (non-hydrogen) atoms. The van der Waals surface area contributed by atoms with E-state index in [1.807, 2.05) is 12.1 Å². The van der Waals surface area contributed by atoms with Crippen LogP contribution >= 0.6 is 0 Å². The van der Waals surface area contributed by atoms with Crippen LogP contribution in [0.15, 0.2) is 83.3 Å². The number of rotatable bonds is 13. The van der Waals surface area contributed by atoms with Crippen molar-refractivity contribution in [3.8, 4) is 11.5 Å². The molecule has 0 saturated carbocycles. The molecule has 7 nitrogen and oxygen atoms in total. The lowest BCUT2D eigenvalue weighted by Gasteiger charge is -2.27. The van der Waals surface area contributed by atoms with Gasteiger partial charge >= 0.3 is 0 Å². The lowest BCUT2D eigenvalue weighted by Crippen LogP contribution is -2.28. The maximum absolute atomic E-state index is 11.4. The quantitative estimate of drug-likeness (QED) is 0.180. The molecule has 2 aromatic rings. The van der Waals surface area contributed by atoms with Gasteiger partial charge in [-0.3, -0.25) is 0 Å². The highest BCUT2D eigenvalue weighted by Crippen LogP contribution is 2.49. The average molecular weight is 628 g/mol. The van der Waals surface area contributed by atoms with Gasteiger partial charge in [-0.1, -0.05) is 19.9 Å². The van der Waals surface area contributed by atoms with Gasteiger partial charge in [0.15, 0.2) is 12.3 Å². The molecule has 5 rings (SSSR count). The van der Waals surface area contributed by atoms with Crippen LogP contribution in [-0.2, 0) is 20.3 Å². The summed E-state index contributed by atoms with van der Waals surface area (Å²) in [7, 11) is 6.92. The number of allylic oxidation sites excluding steroid dienone is 7. The molecule has 2 aromatic carbocycles. The predicted molar refractivity (Wildman–Crippen MR) is 186 cm³/mol. The minimum atomic E-state index is -0.219. The van der Waals surface area contributed by atoms with Gasteiger partial charge < -0.3 is 29.0 Å². The van der Waals surface area contributed by atoms with E-state index < -0.39 is 0 Å². The summed E-state index contributed by atoms with van der Waals surface area (Å²) in [5.74, 6) is 2.10. The summed E-state index contributed by atoms with van der Waals surface area (Å²) in [6, 6.07) is 12.7. The third-order valence-corrected chi connectivity index (χ3v) is 9.82. The lowest BCUT2D eigenvalue weighted by molar-refractivity contribution is -0.438. The Bertz CT molecular complexity index is 1610. The Labute approximate surface area is 275 Å². The number of benzene rings is 2. The second kappa shape index (κ2) is 13.9. The molecule has 1 aliphatic carbocycles. The Morgan fingerprint density at radius 2 is 1.48 bits per heavy atom. The maximum Gasteiger partial charge on any atom is 0.210 e. The zero-order chi connectivity index (χ0) is 33.1. The summed E-state index contributed by atoms with van der Waals surface area (Å²) in [5.41, 5.74) is 8.80. The van der Waals surface area contributed by atoms with Gasteiger partial charge in [-0.2, -0.15) is 4.58 Å². The fourth-order valence-corrected chi connectivity index (χ4v) is 7.17. The van der Waals surface area contributed by atoms with E-state index in [1.54, 1.807) is 28.4 Å². The number of ether oxygens (including phenoxy) is 4. The van der Waals surface area contributed by atoms with Gasteiger partial charge in [0, 0.05) is 68.3 Å². The van der Waals surface area contributed by atoms with Crippen molar-refractivity contribution in [3.05, 3.63) is 94.4 Å². The van der Waals surface area contributed by atoms with Crippen LogP contribution in [0.4, 0.5) is 11.4 Å². The molecule has 1 N–H and O–H groups in total. The number of anilines is 1. The Morgan fingerprint density at radius 1 is 0.804 bits per heavy atom. The Morgan fingerprint density at radius 3 is 2.17 bits per heavy atom. The van der Waals surface area contributed by atoms with Crippen molar-refractivity contribution in [2.75, 3.05) is 59.6 Å². The van der Waals surface area contributed by atoms with Crippen LogP contribution < -0.4 is 14.4 Å². The minimum absolute atomic E-state index is 0.219. The van der Waals surface area contributed by atoms with Crippen LogP contribution in [0, 0.1) is 0 Å². The SMILES string of the molecule is COCCCN1/C(=C/C=C2\CCC(/C=C/C3=[N+](CCCOC)c4ccc(OC)cc4C3(C)C)=C2O)C(C)(C)c2cc(OC)ccc21. The monoisotopic (exact) mass is 627 g/mol. The van der Waals surface area contributed by atoms with E-state index in [0.29, 0.717) is 19.0 Å². The number of fused-ring (bicyclic) bond motifs is 2. The first-order valence-corrected chi connectivity index (χ1v) is 16.4. The molecule has 3 aliphatic rings. The third-order valence-electron chi connectivity index (χ3n) is 9.82. The lowest BCUT2D eigenvalue weighted by atomic mass is 9.81. The minimum Gasteiger partial charge on any atom is -0.507 e. The zero-order valence-electron chi connectivity index (χ0n) is 28.9. The molecule has 0 saturated heterocycles. The highest BCUT2D eigenvalue weighted by Gasteiger charge is 2.44. The molecule has 0 bridgehead atoms. The van der Waals surface area contributed by atoms with Gasteiger partial charge in [0.05, 0.1) is 26.2 Å². The number of aliphatic hydroxyl groups is 1. The molecule has 7 heteroatoms. The van der Waals surface area contributed by atoms with Crippen molar-refractivity contribution in [2.45, 2.75) is 64.2 Å². The maximum atomic E-state index is 11.4. The highest BCUT2D eigenvalue weighted by atomic mass is 16.5. The Kier molecular flexibility index (Phi) is 10.1. The van der Waals surface area contributed by atoms with E-state index in [4.69, 9.17) is 18.9 Å². The van der Waals surface area contributed by atoms with Crippen LogP contribution in [0.2, 0.25) is 0 Å². The number of nitrogens with zero attached hydrogens (tertiary/aromatic N) is 2. The Balaban J connectivity index is 1.46. The fourth-order valence-electron chi connectivity index (χ4n) is 7.17. The van der Waals surface area contributed by atoms with Crippen molar-refractivity contribution in [1.29, 1.82) is 0 Å². The van der Waals surface area contributed by atoms with E-state index in [2.05, 4.69) is 85.7 Å². The molecule has 246 valence electrons. The van der Waals surface area contributed by atoms with Gasteiger partial charge in [0.2, 0.25) is 5.69 Å². The molecule has 0 spiro atoms. The standard InChI is InChI=1S/C39H50N2O5/c1-38(2)31-25-29(45-7)15-17-33(31)40(21-9-23-43-5)35(38)19-13-27-11-12-28(37(27)42)14-20-36-39(3,4)32-26-30(46-8)16-18-34(32)41(36)22-10-24-44-6/h13-20,25-26H,9-12,21-24H2,1-8H3/p+1/b27-13+,35-19+.